The molecule has 5 heteroatoms. The van der Waals surface area contributed by atoms with Crippen LogP contribution in [0.5, 0.6) is 0 Å². The molecule has 2 rings (SSSR count). The summed E-state index contributed by atoms with van der Waals surface area (Å²) >= 11 is 5.66. The van der Waals surface area contributed by atoms with Crippen LogP contribution in [-0.2, 0) is 0 Å². The van der Waals surface area contributed by atoms with Crippen molar-refractivity contribution in [1.29, 1.82) is 0 Å². The van der Waals surface area contributed by atoms with Crippen molar-refractivity contribution in [2.45, 2.75) is 44.6 Å². The Morgan fingerprint density at radius 1 is 1.21 bits per heavy atom. The molecule has 1 aromatic rings. The minimum atomic E-state index is -0.597. The third-order valence-electron chi connectivity index (χ3n) is 3.39. The van der Waals surface area contributed by atoms with E-state index in [9.17, 15) is 9.18 Å². The summed E-state index contributed by atoms with van der Waals surface area (Å²) in [5.41, 5.74) is 0.110. The van der Waals surface area contributed by atoms with Gasteiger partial charge in [0.15, 0.2) is 5.82 Å². The Morgan fingerprint density at radius 2 is 1.89 bits per heavy atom. The smallest absolute Gasteiger partial charge is 0.319 e. The molecule has 0 radical (unpaired) electrons. The van der Waals surface area contributed by atoms with Crippen LogP contribution in [-0.4, -0.2) is 12.1 Å². The van der Waals surface area contributed by atoms with Crippen LogP contribution in [0.4, 0.5) is 14.9 Å². The molecule has 0 spiro atoms. The number of carbonyl (C=O) groups excluding carboxylic acids is 1. The highest BCUT2D eigenvalue weighted by Gasteiger charge is 2.16. The molecule has 1 saturated carbocycles. The van der Waals surface area contributed by atoms with E-state index in [0.717, 1.165) is 25.7 Å². The SMILES string of the molecule is O=C(Nc1cccc(Cl)c1F)NC1CCCCCC1. The lowest BCUT2D eigenvalue weighted by atomic mass is 10.1. The lowest BCUT2D eigenvalue weighted by Gasteiger charge is -2.17. The minimum absolute atomic E-state index is 0.00673. The zero-order chi connectivity index (χ0) is 13.7. The van der Waals surface area contributed by atoms with Gasteiger partial charge in [-0.1, -0.05) is 43.4 Å². The van der Waals surface area contributed by atoms with Crippen molar-refractivity contribution in [1.82, 2.24) is 5.32 Å². The number of urea groups is 1. The number of anilines is 1. The first-order valence-electron chi connectivity index (χ1n) is 6.68. The monoisotopic (exact) mass is 284 g/mol. The van der Waals surface area contributed by atoms with Crippen molar-refractivity contribution in [3.63, 3.8) is 0 Å². The van der Waals surface area contributed by atoms with Crippen molar-refractivity contribution >= 4 is 23.3 Å². The van der Waals surface area contributed by atoms with Crippen LogP contribution in [0, 0.1) is 5.82 Å². The van der Waals surface area contributed by atoms with Crippen molar-refractivity contribution in [2.75, 3.05) is 5.32 Å². The Labute approximate surface area is 117 Å². The largest absolute Gasteiger partial charge is 0.335 e. The number of hydrogen-bond acceptors (Lipinski definition) is 1. The van der Waals surface area contributed by atoms with E-state index in [0.29, 0.717) is 0 Å². The lowest BCUT2D eigenvalue weighted by molar-refractivity contribution is 0.247. The number of rotatable bonds is 2. The van der Waals surface area contributed by atoms with Gasteiger partial charge in [0.25, 0.3) is 0 Å². The molecular formula is C14H18ClFN2O. The van der Waals surface area contributed by atoms with Crippen LogP contribution in [0.3, 0.4) is 0 Å². The van der Waals surface area contributed by atoms with Crippen LogP contribution in [0.25, 0.3) is 0 Å². The normalized spacial score (nSPS) is 16.7. The van der Waals surface area contributed by atoms with Crippen LogP contribution in [0.2, 0.25) is 5.02 Å². The molecule has 3 nitrogen and oxygen atoms in total. The van der Waals surface area contributed by atoms with Gasteiger partial charge in [-0.05, 0) is 25.0 Å². The van der Waals surface area contributed by atoms with Gasteiger partial charge in [0.05, 0.1) is 10.7 Å². The Bertz CT molecular complexity index is 445. The van der Waals surface area contributed by atoms with Crippen LogP contribution >= 0.6 is 11.6 Å². The maximum Gasteiger partial charge on any atom is 0.319 e. The molecule has 2 N–H and O–H groups in total. The van der Waals surface area contributed by atoms with Gasteiger partial charge in [-0.2, -0.15) is 0 Å². The third kappa shape index (κ3) is 4.10. The summed E-state index contributed by atoms with van der Waals surface area (Å²) in [7, 11) is 0. The fraction of sp³-hybridized carbons (Fsp3) is 0.500. The first-order chi connectivity index (χ1) is 9.16. The van der Waals surface area contributed by atoms with Gasteiger partial charge in [-0.3, -0.25) is 0 Å². The van der Waals surface area contributed by atoms with Crippen molar-refractivity contribution in [2.24, 2.45) is 0 Å². The number of benzene rings is 1. The standard InChI is InChI=1S/C14H18ClFN2O/c15-11-8-5-9-12(13(11)16)18-14(19)17-10-6-3-1-2-4-7-10/h5,8-10H,1-4,6-7H2,(H2,17,18,19). The molecule has 104 valence electrons. The second-order valence-electron chi connectivity index (χ2n) is 4.89. The predicted octanol–water partition coefficient (Wildman–Crippen LogP) is 4.32. The summed E-state index contributed by atoms with van der Waals surface area (Å²) in [4.78, 5) is 11.8. The van der Waals surface area contributed by atoms with Gasteiger partial charge < -0.3 is 10.6 Å². The van der Waals surface area contributed by atoms with Gasteiger partial charge in [-0.15, -0.1) is 0 Å². The Morgan fingerprint density at radius 3 is 2.58 bits per heavy atom. The van der Waals surface area contributed by atoms with Crippen LogP contribution < -0.4 is 10.6 Å². The van der Waals surface area contributed by atoms with E-state index < -0.39 is 5.82 Å². The summed E-state index contributed by atoms with van der Waals surface area (Å²) < 4.78 is 13.6. The molecule has 1 fully saturated rings. The van der Waals surface area contributed by atoms with E-state index in [1.807, 2.05) is 0 Å². The predicted molar refractivity (Wildman–Crippen MR) is 75.1 cm³/mol. The summed E-state index contributed by atoms with van der Waals surface area (Å²) in [6.07, 6.45) is 6.70. The molecule has 0 unspecified atom stereocenters. The molecule has 0 bridgehead atoms. The number of amides is 2. The highest BCUT2D eigenvalue weighted by Crippen LogP contribution is 2.22. The highest BCUT2D eigenvalue weighted by atomic mass is 35.5. The van der Waals surface area contributed by atoms with Gasteiger partial charge in [-0.25, -0.2) is 9.18 Å². The minimum Gasteiger partial charge on any atom is -0.335 e. The Kier molecular flexibility index (Phi) is 5.02. The molecule has 0 saturated heterocycles. The Balaban J connectivity index is 1.91. The highest BCUT2D eigenvalue weighted by molar-refractivity contribution is 6.31. The molecule has 2 amide bonds. The average molecular weight is 285 g/mol. The first-order valence-corrected chi connectivity index (χ1v) is 7.06. The fourth-order valence-electron chi connectivity index (χ4n) is 2.37. The van der Waals surface area contributed by atoms with Gasteiger partial charge >= 0.3 is 6.03 Å². The summed E-state index contributed by atoms with van der Waals surface area (Å²) in [6, 6.07) is 4.36. The molecule has 1 aromatic carbocycles. The second-order valence-corrected chi connectivity index (χ2v) is 5.30. The lowest BCUT2D eigenvalue weighted by Crippen LogP contribution is -2.37. The van der Waals surface area contributed by atoms with Crippen LogP contribution in [0.15, 0.2) is 18.2 Å². The van der Waals surface area contributed by atoms with E-state index in [2.05, 4.69) is 10.6 Å². The number of halogens is 2. The molecule has 0 aromatic heterocycles. The summed E-state index contributed by atoms with van der Waals surface area (Å²) in [6.45, 7) is 0. The van der Waals surface area contributed by atoms with E-state index in [-0.39, 0.29) is 22.8 Å². The first kappa shape index (κ1) is 14.1. The summed E-state index contributed by atoms with van der Waals surface area (Å²) in [5, 5.41) is 5.41. The molecule has 0 aliphatic heterocycles. The van der Waals surface area contributed by atoms with E-state index in [4.69, 9.17) is 11.6 Å². The zero-order valence-electron chi connectivity index (χ0n) is 10.7. The average Bonchev–Trinajstić information content (AvgIpc) is 2.63. The third-order valence-corrected chi connectivity index (χ3v) is 3.68. The molecule has 0 atom stereocenters. The maximum atomic E-state index is 13.6. The topological polar surface area (TPSA) is 41.1 Å². The van der Waals surface area contributed by atoms with Gasteiger partial charge in [0.2, 0.25) is 0 Å². The Hall–Kier alpha value is -1.29. The van der Waals surface area contributed by atoms with E-state index in [1.54, 1.807) is 6.07 Å². The van der Waals surface area contributed by atoms with E-state index in [1.165, 1.54) is 25.0 Å². The summed E-state index contributed by atoms with van der Waals surface area (Å²) in [5.74, 6) is -0.597. The molecular weight excluding hydrogens is 267 g/mol. The number of carbonyl (C=O) groups is 1. The number of nitrogens with one attached hydrogen (secondary N) is 2. The van der Waals surface area contributed by atoms with Crippen molar-refractivity contribution in [3.8, 4) is 0 Å². The van der Waals surface area contributed by atoms with Gasteiger partial charge in [0.1, 0.15) is 0 Å². The quantitative estimate of drug-likeness (QED) is 0.780. The zero-order valence-corrected chi connectivity index (χ0v) is 11.5. The molecule has 19 heavy (non-hydrogen) atoms. The molecule has 1 aliphatic rings. The number of hydrogen-bond donors (Lipinski definition) is 2. The second kappa shape index (κ2) is 6.75. The van der Waals surface area contributed by atoms with Crippen molar-refractivity contribution < 1.29 is 9.18 Å². The molecule has 1 aliphatic carbocycles. The van der Waals surface area contributed by atoms with Gasteiger partial charge in [0, 0.05) is 6.04 Å². The van der Waals surface area contributed by atoms with Crippen LogP contribution in [0.1, 0.15) is 38.5 Å². The maximum absolute atomic E-state index is 13.6. The fourth-order valence-corrected chi connectivity index (χ4v) is 2.54. The van der Waals surface area contributed by atoms with Crippen molar-refractivity contribution in [3.05, 3.63) is 29.0 Å². The van der Waals surface area contributed by atoms with E-state index >= 15 is 0 Å². The molecule has 0 heterocycles.